The minimum Gasteiger partial charge on any atom is -0.458 e. The number of aromatic nitrogens is 1. The van der Waals surface area contributed by atoms with Crippen molar-refractivity contribution < 1.29 is 23.5 Å². The van der Waals surface area contributed by atoms with Crippen molar-refractivity contribution in [3.05, 3.63) is 76.4 Å². The van der Waals surface area contributed by atoms with Crippen molar-refractivity contribution in [1.29, 1.82) is 5.41 Å². The van der Waals surface area contributed by atoms with Gasteiger partial charge >= 0.3 is 5.97 Å². The van der Waals surface area contributed by atoms with Gasteiger partial charge in [-0.05, 0) is 63.2 Å². The number of nitrogens with one attached hydrogen (secondary N) is 3. The van der Waals surface area contributed by atoms with E-state index in [1.54, 1.807) is 18.3 Å². The van der Waals surface area contributed by atoms with Crippen LogP contribution in [-0.2, 0) is 19.1 Å². The number of carbonyl (C=O) groups is 2. The molecule has 35 heavy (non-hydrogen) atoms. The molecule has 0 aliphatic carbocycles. The van der Waals surface area contributed by atoms with Crippen LogP contribution in [0.15, 0.2) is 53.8 Å². The van der Waals surface area contributed by atoms with Gasteiger partial charge in [-0.1, -0.05) is 6.08 Å². The first-order valence-electron chi connectivity index (χ1n) is 11.3. The monoisotopic (exact) mass is 478 g/mol. The number of anilines is 1. The number of ketones is 1. The van der Waals surface area contributed by atoms with Crippen molar-refractivity contribution in [3.8, 4) is 0 Å². The Morgan fingerprint density at radius 2 is 2.00 bits per heavy atom. The van der Waals surface area contributed by atoms with Gasteiger partial charge in [-0.3, -0.25) is 4.79 Å². The first kappa shape index (κ1) is 24.2. The van der Waals surface area contributed by atoms with Gasteiger partial charge in [-0.15, -0.1) is 0 Å². The molecular formula is C26H27FN4O4. The van der Waals surface area contributed by atoms with Crippen LogP contribution in [-0.4, -0.2) is 54.1 Å². The maximum atomic E-state index is 13.4. The van der Waals surface area contributed by atoms with Crippen molar-refractivity contribution >= 4 is 35.8 Å². The molecule has 2 aromatic rings. The van der Waals surface area contributed by atoms with E-state index in [4.69, 9.17) is 14.9 Å². The highest BCUT2D eigenvalue weighted by Gasteiger charge is 2.38. The lowest BCUT2D eigenvalue weighted by atomic mass is 10.1. The van der Waals surface area contributed by atoms with Crippen LogP contribution in [0.25, 0.3) is 12.2 Å². The highest BCUT2D eigenvalue weighted by molar-refractivity contribution is 6.26. The summed E-state index contributed by atoms with van der Waals surface area (Å²) in [6.07, 6.45) is 8.79. The predicted octanol–water partition coefficient (Wildman–Crippen LogP) is 4.03. The summed E-state index contributed by atoms with van der Waals surface area (Å²) in [6, 6.07) is 5.48. The average Bonchev–Trinajstić information content (AvgIpc) is 3.34. The van der Waals surface area contributed by atoms with Crippen molar-refractivity contribution in [2.45, 2.75) is 25.9 Å². The van der Waals surface area contributed by atoms with Gasteiger partial charge in [0, 0.05) is 48.0 Å². The van der Waals surface area contributed by atoms with E-state index in [9.17, 15) is 14.0 Å². The topological polar surface area (TPSA) is 108 Å². The normalized spacial score (nSPS) is 18.4. The molecule has 8 nitrogen and oxygen atoms in total. The molecule has 1 fully saturated rings. The molecule has 0 atom stereocenters. The molecule has 2 aliphatic heterocycles. The number of hydrogen-bond acceptors (Lipinski definition) is 7. The maximum Gasteiger partial charge on any atom is 0.348 e. The smallest absolute Gasteiger partial charge is 0.348 e. The number of piperidine rings is 1. The summed E-state index contributed by atoms with van der Waals surface area (Å²) >= 11 is 0. The van der Waals surface area contributed by atoms with Crippen LogP contribution >= 0.6 is 0 Å². The number of aromatic amines is 1. The van der Waals surface area contributed by atoms with Crippen molar-refractivity contribution in [3.63, 3.8) is 0 Å². The average molecular weight is 479 g/mol. The van der Waals surface area contributed by atoms with Crippen molar-refractivity contribution in [2.75, 3.05) is 25.5 Å². The van der Waals surface area contributed by atoms with Crippen molar-refractivity contribution in [1.82, 2.24) is 9.88 Å². The van der Waals surface area contributed by atoms with E-state index in [-0.39, 0.29) is 23.3 Å². The Labute approximate surface area is 202 Å². The van der Waals surface area contributed by atoms with Crippen LogP contribution in [0.1, 0.15) is 29.7 Å². The molecular weight excluding hydrogens is 451 g/mol. The third-order valence-corrected chi connectivity index (χ3v) is 5.94. The number of carbonyl (C=O) groups excluding carboxylic acids is 2. The fraction of sp³-hybridized carbons (Fsp3) is 0.269. The second kappa shape index (κ2) is 10.5. The molecule has 0 saturated carbocycles. The second-order valence-electron chi connectivity index (χ2n) is 8.49. The predicted molar refractivity (Wildman–Crippen MR) is 131 cm³/mol. The molecule has 3 N–H and O–H groups in total. The number of nitrogens with zero attached hydrogens (tertiary/aromatic N) is 1. The fourth-order valence-corrected chi connectivity index (χ4v) is 3.96. The summed E-state index contributed by atoms with van der Waals surface area (Å²) in [4.78, 5) is 31.7. The zero-order valence-corrected chi connectivity index (χ0v) is 19.6. The van der Waals surface area contributed by atoms with Gasteiger partial charge in [0.1, 0.15) is 11.9 Å². The van der Waals surface area contributed by atoms with Crippen LogP contribution < -0.4 is 5.32 Å². The van der Waals surface area contributed by atoms with Gasteiger partial charge < -0.3 is 30.1 Å². The molecule has 9 heteroatoms. The number of esters is 1. The number of likely N-dealkylation sites (tertiary alicyclic amines) is 1. The highest BCUT2D eigenvalue weighted by Crippen LogP contribution is 2.31. The standard InChI is InChI=1S/C26H27FN4O4/c1-16-21(4-3-11-28)17(15-29-16)14-22-24(32)23(26(33)34-20-9-12-31(2)13-10-20)25(35-22)30-19-7-5-18(27)6-8-19/h3-8,11,14-15,20,28-30H,9-10,12-13H2,1-2H3/b4-3-,22-14-,28-11?. The van der Waals surface area contributed by atoms with Gasteiger partial charge in [-0.2, -0.15) is 0 Å². The van der Waals surface area contributed by atoms with Gasteiger partial charge in [0.05, 0.1) is 0 Å². The fourth-order valence-electron chi connectivity index (χ4n) is 3.96. The molecule has 1 saturated heterocycles. The van der Waals surface area contributed by atoms with Crippen molar-refractivity contribution in [2.24, 2.45) is 0 Å². The number of ether oxygens (including phenoxy) is 2. The van der Waals surface area contributed by atoms with Gasteiger partial charge in [0.25, 0.3) is 0 Å². The molecule has 4 rings (SSSR count). The van der Waals surface area contributed by atoms with E-state index >= 15 is 0 Å². The number of aryl methyl sites for hydroxylation is 1. The zero-order chi connectivity index (χ0) is 24.9. The van der Waals surface area contributed by atoms with Gasteiger partial charge in [0.15, 0.2) is 11.3 Å². The van der Waals surface area contributed by atoms with Crippen LogP contribution in [0.3, 0.4) is 0 Å². The lowest BCUT2D eigenvalue weighted by Gasteiger charge is -2.28. The molecule has 2 aliphatic rings. The number of hydrogen-bond donors (Lipinski definition) is 3. The van der Waals surface area contributed by atoms with E-state index < -0.39 is 17.6 Å². The first-order valence-corrected chi connectivity index (χ1v) is 11.3. The van der Waals surface area contributed by atoms with E-state index in [0.29, 0.717) is 24.1 Å². The molecule has 0 spiro atoms. The number of H-pyrrole nitrogens is 1. The molecule has 0 bridgehead atoms. The lowest BCUT2D eigenvalue weighted by molar-refractivity contribution is -0.147. The van der Waals surface area contributed by atoms with Gasteiger partial charge in [0.2, 0.25) is 11.7 Å². The third kappa shape index (κ3) is 5.58. The molecule has 0 amide bonds. The summed E-state index contributed by atoms with van der Waals surface area (Å²) in [5.41, 5.74) is 2.51. The summed E-state index contributed by atoms with van der Waals surface area (Å²) in [5.74, 6) is -1.88. The SMILES string of the molecule is Cc1[nH]cc(/C=C2\OC(Nc3ccc(F)cc3)=C(C(=O)OC3CCN(C)CC3)C2=O)c1/C=C\C=N. The Hall–Kier alpha value is -3.98. The van der Waals surface area contributed by atoms with Crippen LogP contribution in [0.5, 0.6) is 0 Å². The minimum atomic E-state index is -0.758. The van der Waals surface area contributed by atoms with E-state index in [2.05, 4.69) is 15.2 Å². The Balaban J connectivity index is 1.64. The zero-order valence-electron chi connectivity index (χ0n) is 19.6. The maximum absolute atomic E-state index is 13.4. The molecule has 1 aromatic carbocycles. The van der Waals surface area contributed by atoms with Gasteiger partial charge in [-0.25, -0.2) is 9.18 Å². The molecule has 1 aromatic heterocycles. The summed E-state index contributed by atoms with van der Waals surface area (Å²) < 4.78 is 24.8. The molecule has 0 unspecified atom stereocenters. The van der Waals surface area contributed by atoms with Crippen LogP contribution in [0.4, 0.5) is 10.1 Å². The number of rotatable bonds is 7. The Morgan fingerprint density at radius 1 is 1.29 bits per heavy atom. The van der Waals surface area contributed by atoms with E-state index in [0.717, 1.165) is 30.6 Å². The molecule has 3 heterocycles. The Kier molecular flexibility index (Phi) is 7.26. The second-order valence-corrected chi connectivity index (χ2v) is 8.49. The Morgan fingerprint density at radius 3 is 2.69 bits per heavy atom. The molecule has 0 radical (unpaired) electrons. The van der Waals surface area contributed by atoms with Crippen LogP contribution in [0, 0.1) is 18.2 Å². The number of allylic oxidation sites excluding steroid dienone is 2. The Bertz CT molecular complexity index is 1220. The largest absolute Gasteiger partial charge is 0.458 e. The number of benzene rings is 1. The quantitative estimate of drug-likeness (QED) is 0.240. The molecule has 182 valence electrons. The number of halogens is 1. The van der Waals surface area contributed by atoms with Crippen LogP contribution in [0.2, 0.25) is 0 Å². The van der Waals surface area contributed by atoms with E-state index in [1.165, 1.54) is 30.3 Å². The summed E-state index contributed by atoms with van der Waals surface area (Å²) in [5, 5.41) is 10.1. The summed E-state index contributed by atoms with van der Waals surface area (Å²) in [7, 11) is 2.00. The lowest BCUT2D eigenvalue weighted by Crippen LogP contribution is -2.36. The number of Topliss-reactive ketones (excluding diaryl/α,β-unsaturated/α-hetero) is 1. The highest BCUT2D eigenvalue weighted by atomic mass is 19.1. The first-order chi connectivity index (χ1) is 16.9. The minimum absolute atomic E-state index is 0.0477. The summed E-state index contributed by atoms with van der Waals surface area (Å²) in [6.45, 7) is 3.46. The van der Waals surface area contributed by atoms with E-state index in [1.807, 2.05) is 14.0 Å². The third-order valence-electron chi connectivity index (χ3n) is 5.94.